The van der Waals surface area contributed by atoms with Crippen LogP contribution in [-0.4, -0.2) is 75.7 Å². The summed E-state index contributed by atoms with van der Waals surface area (Å²) < 4.78 is 10.8. The Morgan fingerprint density at radius 1 is 1.00 bits per heavy atom. The van der Waals surface area contributed by atoms with Gasteiger partial charge in [0.2, 0.25) is 5.91 Å². The highest BCUT2D eigenvalue weighted by Crippen LogP contribution is 2.32. The van der Waals surface area contributed by atoms with E-state index in [4.69, 9.17) is 9.47 Å². The van der Waals surface area contributed by atoms with Crippen molar-refractivity contribution in [2.75, 3.05) is 60.0 Å². The predicted octanol–water partition coefficient (Wildman–Crippen LogP) is 1.35. The molecule has 2 aliphatic heterocycles. The van der Waals surface area contributed by atoms with Crippen molar-refractivity contribution in [2.45, 2.75) is 19.3 Å². The van der Waals surface area contributed by atoms with Gasteiger partial charge in [-0.1, -0.05) is 0 Å². The van der Waals surface area contributed by atoms with Crippen LogP contribution in [0.15, 0.2) is 12.1 Å². The van der Waals surface area contributed by atoms with Gasteiger partial charge in [-0.05, 0) is 36.1 Å². The Morgan fingerprint density at radius 2 is 1.54 bits per heavy atom. The van der Waals surface area contributed by atoms with Gasteiger partial charge >= 0.3 is 0 Å². The summed E-state index contributed by atoms with van der Waals surface area (Å²) in [6.07, 6.45) is 2.58. The van der Waals surface area contributed by atoms with Crippen molar-refractivity contribution in [1.29, 1.82) is 0 Å². The van der Waals surface area contributed by atoms with Gasteiger partial charge in [0.25, 0.3) is 0 Å². The van der Waals surface area contributed by atoms with Gasteiger partial charge in [-0.2, -0.15) is 0 Å². The molecule has 7 heteroatoms. The SMILES string of the molecule is COc1cc2c(cc1OC)CCN(CCC(=O)N1CCNCC1)CC2.Cl. The van der Waals surface area contributed by atoms with E-state index in [-0.39, 0.29) is 18.3 Å². The standard InChI is InChI=1S/C19H29N3O3.ClH/c1-24-17-13-15-3-8-21(9-4-16(15)14-18(17)25-2)10-5-19(23)22-11-6-20-7-12-22;/h13-14,20H,3-12H2,1-2H3;1H. The Kier molecular flexibility index (Phi) is 8.00. The minimum Gasteiger partial charge on any atom is -0.493 e. The van der Waals surface area contributed by atoms with Crippen LogP contribution in [0.4, 0.5) is 0 Å². The molecule has 6 nitrogen and oxygen atoms in total. The molecule has 1 saturated heterocycles. The Labute approximate surface area is 162 Å². The number of nitrogens with one attached hydrogen (secondary N) is 1. The van der Waals surface area contributed by atoms with Crippen LogP contribution in [0.1, 0.15) is 17.5 Å². The topological polar surface area (TPSA) is 54.0 Å². The van der Waals surface area contributed by atoms with Gasteiger partial charge < -0.3 is 24.6 Å². The van der Waals surface area contributed by atoms with E-state index in [1.54, 1.807) is 14.2 Å². The largest absolute Gasteiger partial charge is 0.493 e. The Bertz CT molecular complexity index is 571. The van der Waals surface area contributed by atoms with E-state index >= 15 is 0 Å². The molecule has 0 spiro atoms. The molecule has 0 bridgehead atoms. The Morgan fingerprint density at radius 3 is 2.04 bits per heavy atom. The average molecular weight is 384 g/mol. The number of fused-ring (bicyclic) bond motifs is 1. The van der Waals surface area contributed by atoms with Crippen molar-refractivity contribution >= 4 is 18.3 Å². The fourth-order valence-corrected chi connectivity index (χ4v) is 3.65. The minimum absolute atomic E-state index is 0. The van der Waals surface area contributed by atoms with Crippen LogP contribution in [0, 0.1) is 0 Å². The van der Waals surface area contributed by atoms with Crippen LogP contribution in [0.25, 0.3) is 0 Å². The highest BCUT2D eigenvalue weighted by Gasteiger charge is 2.20. The average Bonchev–Trinajstić information content (AvgIpc) is 2.87. The third-order valence-electron chi connectivity index (χ3n) is 5.21. The number of rotatable bonds is 5. The van der Waals surface area contributed by atoms with Crippen LogP contribution in [0.5, 0.6) is 11.5 Å². The number of ether oxygens (including phenoxy) is 2. The molecule has 1 N–H and O–H groups in total. The third-order valence-corrected chi connectivity index (χ3v) is 5.21. The first-order valence-electron chi connectivity index (χ1n) is 9.16. The molecule has 26 heavy (non-hydrogen) atoms. The van der Waals surface area contributed by atoms with Crippen LogP contribution < -0.4 is 14.8 Å². The van der Waals surface area contributed by atoms with E-state index in [1.165, 1.54) is 11.1 Å². The molecule has 146 valence electrons. The van der Waals surface area contributed by atoms with E-state index in [9.17, 15) is 4.79 Å². The number of nitrogens with zero attached hydrogens (tertiary/aromatic N) is 2. The first-order valence-corrected chi connectivity index (χ1v) is 9.16. The number of amides is 1. The lowest BCUT2D eigenvalue weighted by Gasteiger charge is -2.28. The van der Waals surface area contributed by atoms with Crippen LogP contribution in [-0.2, 0) is 17.6 Å². The molecule has 2 aliphatic rings. The second-order valence-electron chi connectivity index (χ2n) is 6.70. The smallest absolute Gasteiger partial charge is 0.223 e. The van der Waals surface area contributed by atoms with Gasteiger partial charge in [0, 0.05) is 52.2 Å². The zero-order valence-electron chi connectivity index (χ0n) is 15.8. The highest BCUT2D eigenvalue weighted by atomic mass is 35.5. The number of benzene rings is 1. The lowest BCUT2D eigenvalue weighted by molar-refractivity contribution is -0.132. The normalized spacial score (nSPS) is 17.7. The zero-order valence-corrected chi connectivity index (χ0v) is 16.6. The van der Waals surface area contributed by atoms with Gasteiger partial charge in [0.15, 0.2) is 11.5 Å². The molecule has 0 unspecified atom stereocenters. The van der Waals surface area contributed by atoms with E-state index in [0.29, 0.717) is 6.42 Å². The van der Waals surface area contributed by atoms with Crippen molar-refractivity contribution < 1.29 is 14.3 Å². The molecule has 0 aliphatic carbocycles. The van der Waals surface area contributed by atoms with Crippen molar-refractivity contribution in [3.05, 3.63) is 23.3 Å². The van der Waals surface area contributed by atoms with Crippen LogP contribution in [0.3, 0.4) is 0 Å². The summed E-state index contributed by atoms with van der Waals surface area (Å²) in [5, 5.41) is 3.29. The molecule has 3 rings (SSSR count). The second-order valence-corrected chi connectivity index (χ2v) is 6.70. The lowest BCUT2D eigenvalue weighted by atomic mass is 10.0. The van der Waals surface area contributed by atoms with Gasteiger partial charge in [0.1, 0.15) is 0 Å². The molecule has 1 fully saturated rings. The molecule has 0 saturated carbocycles. The molecular formula is C19H30ClN3O3. The number of hydrogen-bond acceptors (Lipinski definition) is 5. The maximum Gasteiger partial charge on any atom is 0.223 e. The molecule has 0 radical (unpaired) electrons. The van der Waals surface area contributed by atoms with Crippen molar-refractivity contribution in [3.8, 4) is 11.5 Å². The summed E-state index contributed by atoms with van der Waals surface area (Å²) in [6, 6.07) is 4.20. The minimum atomic E-state index is 0. The van der Waals surface area contributed by atoms with Crippen molar-refractivity contribution in [3.63, 3.8) is 0 Å². The van der Waals surface area contributed by atoms with Crippen LogP contribution in [0.2, 0.25) is 0 Å². The number of carbonyl (C=O) groups excluding carboxylic acids is 1. The van der Waals surface area contributed by atoms with E-state index < -0.39 is 0 Å². The zero-order chi connectivity index (χ0) is 17.6. The van der Waals surface area contributed by atoms with Gasteiger partial charge in [-0.25, -0.2) is 0 Å². The summed E-state index contributed by atoms with van der Waals surface area (Å²) in [6.45, 7) is 6.30. The summed E-state index contributed by atoms with van der Waals surface area (Å²) in [5.74, 6) is 1.87. The fraction of sp³-hybridized carbons (Fsp3) is 0.632. The van der Waals surface area contributed by atoms with E-state index in [1.807, 2.05) is 4.90 Å². The van der Waals surface area contributed by atoms with Crippen LogP contribution >= 0.6 is 12.4 Å². The molecular weight excluding hydrogens is 354 g/mol. The summed E-state index contributed by atoms with van der Waals surface area (Å²) in [7, 11) is 3.35. The van der Waals surface area contributed by atoms with Crippen molar-refractivity contribution in [2.24, 2.45) is 0 Å². The maximum absolute atomic E-state index is 12.4. The lowest BCUT2D eigenvalue weighted by Crippen LogP contribution is -2.47. The van der Waals surface area contributed by atoms with Crippen molar-refractivity contribution in [1.82, 2.24) is 15.1 Å². The third kappa shape index (κ3) is 5.02. The number of hydrogen-bond donors (Lipinski definition) is 1. The molecule has 2 heterocycles. The molecule has 0 aromatic heterocycles. The van der Waals surface area contributed by atoms with E-state index in [0.717, 1.165) is 70.2 Å². The van der Waals surface area contributed by atoms with Gasteiger partial charge in [0.05, 0.1) is 14.2 Å². The summed E-state index contributed by atoms with van der Waals surface area (Å²) >= 11 is 0. The number of carbonyl (C=O) groups is 1. The highest BCUT2D eigenvalue weighted by molar-refractivity contribution is 5.85. The molecule has 0 atom stereocenters. The van der Waals surface area contributed by atoms with Gasteiger partial charge in [-0.3, -0.25) is 4.79 Å². The summed E-state index contributed by atoms with van der Waals surface area (Å²) in [5.41, 5.74) is 2.65. The Hall–Kier alpha value is -1.50. The number of piperazine rings is 1. The molecule has 1 aromatic rings. The Balaban J connectivity index is 0.00000243. The molecule has 1 aromatic carbocycles. The first kappa shape index (κ1) is 20.8. The quantitative estimate of drug-likeness (QED) is 0.831. The fourth-order valence-electron chi connectivity index (χ4n) is 3.65. The maximum atomic E-state index is 12.4. The number of methoxy groups -OCH3 is 2. The summed E-state index contributed by atoms with van der Waals surface area (Å²) in [4.78, 5) is 16.7. The first-order chi connectivity index (χ1) is 12.2. The van der Waals surface area contributed by atoms with E-state index in [2.05, 4.69) is 22.3 Å². The number of halogens is 1. The molecule has 1 amide bonds. The predicted molar refractivity (Wildman–Crippen MR) is 105 cm³/mol. The van der Waals surface area contributed by atoms with Gasteiger partial charge in [-0.15, -0.1) is 12.4 Å². The second kappa shape index (κ2) is 10.00. The monoisotopic (exact) mass is 383 g/mol.